The first-order valence-electron chi connectivity index (χ1n) is 7.09. The Morgan fingerprint density at radius 1 is 1.00 bits per heavy atom. The summed E-state index contributed by atoms with van der Waals surface area (Å²) >= 11 is 0. The molecule has 0 radical (unpaired) electrons. The van der Waals surface area contributed by atoms with E-state index in [1.807, 2.05) is 4.90 Å². The third-order valence-electron chi connectivity index (χ3n) is 4.03. The van der Waals surface area contributed by atoms with Crippen molar-refractivity contribution in [1.29, 1.82) is 0 Å². The van der Waals surface area contributed by atoms with Crippen molar-refractivity contribution >= 4 is 11.6 Å². The third-order valence-corrected chi connectivity index (χ3v) is 4.03. The van der Waals surface area contributed by atoms with Crippen molar-refractivity contribution in [1.82, 2.24) is 4.90 Å². The number of anilines is 1. The molecule has 1 amide bonds. The molecule has 0 saturated carbocycles. The molecule has 3 nitrogen and oxygen atoms in total. The van der Waals surface area contributed by atoms with Crippen LogP contribution in [-0.4, -0.2) is 37.0 Å². The van der Waals surface area contributed by atoms with Gasteiger partial charge in [-0.15, -0.1) is 0 Å². The van der Waals surface area contributed by atoms with Crippen LogP contribution in [-0.2, 0) is 0 Å². The van der Waals surface area contributed by atoms with Crippen molar-refractivity contribution in [3.63, 3.8) is 0 Å². The normalized spacial score (nSPS) is 19.2. The molecular formula is C15H19FN2O. The van der Waals surface area contributed by atoms with Crippen molar-refractivity contribution < 1.29 is 9.18 Å². The van der Waals surface area contributed by atoms with E-state index in [1.54, 1.807) is 12.1 Å². The zero-order valence-electron chi connectivity index (χ0n) is 11.1. The zero-order chi connectivity index (χ0) is 13.2. The number of carbonyl (C=O) groups is 1. The van der Waals surface area contributed by atoms with E-state index in [4.69, 9.17) is 0 Å². The van der Waals surface area contributed by atoms with Crippen molar-refractivity contribution in [2.75, 3.05) is 31.1 Å². The highest BCUT2D eigenvalue weighted by molar-refractivity contribution is 5.94. The average molecular weight is 262 g/mol. The molecule has 0 aliphatic carbocycles. The molecule has 1 aromatic carbocycles. The maximum atomic E-state index is 14.1. The maximum absolute atomic E-state index is 14.1. The molecule has 0 spiro atoms. The second-order valence-corrected chi connectivity index (χ2v) is 5.36. The molecule has 0 N–H and O–H groups in total. The Hall–Kier alpha value is -1.58. The number of likely N-dealkylation sites (tertiary alicyclic amines) is 1. The van der Waals surface area contributed by atoms with Crippen molar-refractivity contribution in [3.8, 4) is 0 Å². The number of benzene rings is 1. The largest absolute Gasteiger partial charge is 0.369 e. The quantitative estimate of drug-likeness (QED) is 0.818. The smallest absolute Gasteiger partial charge is 0.253 e. The fourth-order valence-electron chi connectivity index (χ4n) is 2.96. The number of hydrogen-bond acceptors (Lipinski definition) is 2. The summed E-state index contributed by atoms with van der Waals surface area (Å²) in [6.07, 6.45) is 4.35. The van der Waals surface area contributed by atoms with Crippen molar-refractivity contribution in [2.45, 2.75) is 25.7 Å². The fraction of sp³-hybridized carbons (Fsp3) is 0.533. The van der Waals surface area contributed by atoms with E-state index in [0.29, 0.717) is 11.3 Å². The van der Waals surface area contributed by atoms with Gasteiger partial charge in [-0.25, -0.2) is 4.39 Å². The van der Waals surface area contributed by atoms with E-state index in [-0.39, 0.29) is 11.7 Å². The monoisotopic (exact) mass is 262 g/mol. The maximum Gasteiger partial charge on any atom is 0.253 e. The Balaban J connectivity index is 1.80. The van der Waals surface area contributed by atoms with Crippen LogP contribution >= 0.6 is 0 Å². The highest BCUT2D eigenvalue weighted by atomic mass is 19.1. The van der Waals surface area contributed by atoms with Gasteiger partial charge in [0.15, 0.2) is 0 Å². The minimum atomic E-state index is -0.271. The van der Waals surface area contributed by atoms with Gasteiger partial charge in [-0.3, -0.25) is 4.79 Å². The fourth-order valence-corrected chi connectivity index (χ4v) is 2.96. The standard InChI is InChI=1S/C15H19FN2O/c16-13-11-12(15(19)18-9-3-4-10-18)5-6-14(13)17-7-1-2-8-17/h5-6,11H,1-4,7-10H2. The van der Waals surface area contributed by atoms with E-state index in [0.717, 1.165) is 51.9 Å². The summed E-state index contributed by atoms with van der Waals surface area (Å²) in [6.45, 7) is 3.43. The highest BCUT2D eigenvalue weighted by Gasteiger charge is 2.22. The van der Waals surface area contributed by atoms with E-state index >= 15 is 0 Å². The number of rotatable bonds is 2. The van der Waals surface area contributed by atoms with Gasteiger partial charge in [-0.2, -0.15) is 0 Å². The summed E-state index contributed by atoms with van der Waals surface area (Å²) < 4.78 is 14.1. The van der Waals surface area contributed by atoms with Crippen LogP contribution < -0.4 is 4.90 Å². The summed E-state index contributed by atoms with van der Waals surface area (Å²) in [5.74, 6) is -0.309. The molecule has 2 heterocycles. The molecule has 102 valence electrons. The van der Waals surface area contributed by atoms with Gasteiger partial charge >= 0.3 is 0 Å². The zero-order valence-corrected chi connectivity index (χ0v) is 11.1. The summed E-state index contributed by atoms with van der Waals surface area (Å²) in [6, 6.07) is 4.91. The van der Waals surface area contributed by atoms with Crippen LogP contribution in [0.3, 0.4) is 0 Å². The second-order valence-electron chi connectivity index (χ2n) is 5.36. The van der Waals surface area contributed by atoms with Gasteiger partial charge in [0.2, 0.25) is 0 Å². The SMILES string of the molecule is O=C(c1ccc(N2CCCC2)c(F)c1)N1CCCC1. The summed E-state index contributed by atoms with van der Waals surface area (Å²) in [4.78, 5) is 16.0. The lowest BCUT2D eigenvalue weighted by Crippen LogP contribution is -2.28. The second kappa shape index (κ2) is 5.19. The van der Waals surface area contributed by atoms with Gasteiger partial charge in [0.25, 0.3) is 5.91 Å². The third kappa shape index (κ3) is 2.44. The topological polar surface area (TPSA) is 23.6 Å². The Morgan fingerprint density at radius 2 is 1.63 bits per heavy atom. The van der Waals surface area contributed by atoms with E-state index in [2.05, 4.69) is 4.90 Å². The van der Waals surface area contributed by atoms with Crippen LogP contribution in [0.2, 0.25) is 0 Å². The van der Waals surface area contributed by atoms with Crippen LogP contribution in [0.1, 0.15) is 36.0 Å². The molecule has 19 heavy (non-hydrogen) atoms. The molecule has 0 aromatic heterocycles. The van der Waals surface area contributed by atoms with Crippen LogP contribution in [0.5, 0.6) is 0 Å². The minimum Gasteiger partial charge on any atom is -0.369 e. The van der Waals surface area contributed by atoms with Crippen LogP contribution in [0, 0.1) is 5.82 Å². The lowest BCUT2D eigenvalue weighted by Gasteiger charge is -2.20. The van der Waals surface area contributed by atoms with Gasteiger partial charge in [-0.05, 0) is 43.9 Å². The summed E-state index contributed by atoms with van der Waals surface area (Å²) in [7, 11) is 0. The molecule has 0 unspecified atom stereocenters. The molecule has 2 saturated heterocycles. The first-order chi connectivity index (χ1) is 9.25. The average Bonchev–Trinajstić information content (AvgIpc) is 3.11. The Labute approximate surface area is 113 Å². The summed E-state index contributed by atoms with van der Waals surface area (Å²) in [5.41, 5.74) is 1.11. The molecule has 4 heteroatoms. The lowest BCUT2D eigenvalue weighted by atomic mass is 10.1. The molecule has 2 fully saturated rings. The van der Waals surface area contributed by atoms with Gasteiger partial charge < -0.3 is 9.80 Å². The molecule has 0 atom stereocenters. The number of nitrogens with zero attached hydrogens (tertiary/aromatic N) is 2. The molecular weight excluding hydrogens is 243 g/mol. The number of carbonyl (C=O) groups excluding carboxylic acids is 1. The number of amides is 1. The van der Waals surface area contributed by atoms with Gasteiger partial charge in [0.1, 0.15) is 5.82 Å². The first kappa shape index (κ1) is 12.5. The van der Waals surface area contributed by atoms with E-state index < -0.39 is 0 Å². The van der Waals surface area contributed by atoms with Gasteiger partial charge in [-0.1, -0.05) is 0 Å². The Bertz CT molecular complexity index is 477. The molecule has 3 rings (SSSR count). The van der Waals surface area contributed by atoms with E-state index in [1.165, 1.54) is 6.07 Å². The van der Waals surface area contributed by atoms with Crippen molar-refractivity contribution in [3.05, 3.63) is 29.6 Å². The Kier molecular flexibility index (Phi) is 3.40. The lowest BCUT2D eigenvalue weighted by molar-refractivity contribution is 0.0792. The molecule has 2 aliphatic rings. The predicted octanol–water partition coefficient (Wildman–Crippen LogP) is 2.66. The number of hydrogen-bond donors (Lipinski definition) is 0. The van der Waals surface area contributed by atoms with Crippen LogP contribution in [0.25, 0.3) is 0 Å². The molecule has 0 bridgehead atoms. The molecule has 2 aliphatic heterocycles. The van der Waals surface area contributed by atoms with E-state index in [9.17, 15) is 9.18 Å². The highest BCUT2D eigenvalue weighted by Crippen LogP contribution is 2.25. The Morgan fingerprint density at radius 3 is 2.26 bits per heavy atom. The van der Waals surface area contributed by atoms with Crippen LogP contribution in [0.15, 0.2) is 18.2 Å². The first-order valence-corrected chi connectivity index (χ1v) is 7.09. The predicted molar refractivity (Wildman–Crippen MR) is 73.0 cm³/mol. The van der Waals surface area contributed by atoms with Gasteiger partial charge in [0, 0.05) is 31.7 Å². The molecule has 1 aromatic rings. The minimum absolute atomic E-state index is 0.0376. The summed E-state index contributed by atoms with van der Waals surface area (Å²) in [5, 5.41) is 0. The number of halogens is 1. The van der Waals surface area contributed by atoms with Gasteiger partial charge in [0.05, 0.1) is 5.69 Å². The van der Waals surface area contributed by atoms with Crippen LogP contribution in [0.4, 0.5) is 10.1 Å². The van der Waals surface area contributed by atoms with Crippen molar-refractivity contribution in [2.24, 2.45) is 0 Å².